The lowest BCUT2D eigenvalue weighted by molar-refractivity contribution is 0.0827. The highest BCUT2D eigenvalue weighted by Crippen LogP contribution is 2.29. The minimum absolute atomic E-state index is 0.188. The molecule has 0 unspecified atom stereocenters. The molecule has 3 aromatic rings. The van der Waals surface area contributed by atoms with Gasteiger partial charge < -0.3 is 10.2 Å². The molecule has 29 heavy (non-hydrogen) atoms. The Bertz CT molecular complexity index is 1090. The van der Waals surface area contributed by atoms with Gasteiger partial charge in [0.1, 0.15) is 0 Å². The van der Waals surface area contributed by atoms with Gasteiger partial charge in [-0.1, -0.05) is 29.8 Å². The van der Waals surface area contributed by atoms with E-state index >= 15 is 0 Å². The summed E-state index contributed by atoms with van der Waals surface area (Å²) in [7, 11) is 3.33. The molecule has 148 valence electrons. The highest BCUT2D eigenvalue weighted by molar-refractivity contribution is 6.34. The summed E-state index contributed by atoms with van der Waals surface area (Å²) in [5.41, 5.74) is 4.38. The van der Waals surface area contributed by atoms with Crippen LogP contribution in [0.1, 0.15) is 38.5 Å². The van der Waals surface area contributed by atoms with E-state index in [9.17, 15) is 9.59 Å². The van der Waals surface area contributed by atoms with Crippen molar-refractivity contribution in [3.05, 3.63) is 76.1 Å². The van der Waals surface area contributed by atoms with Crippen LogP contribution in [0.4, 0.5) is 5.69 Å². The Labute approximate surface area is 174 Å². The standard InChI is InChI=1S/C22H21ClN4O2/c1-26(2)22(29)16-12-11-14(13-18(16)23)24-21(28)20-17-9-6-10-19(17)27(25-20)15-7-4-3-5-8-15/h3-5,7-8,11-13H,6,9-10H2,1-2H3,(H,24,28). The number of para-hydroxylation sites is 1. The average Bonchev–Trinajstić information content (AvgIpc) is 3.31. The first-order valence-corrected chi connectivity index (χ1v) is 9.82. The van der Waals surface area contributed by atoms with E-state index in [0.717, 1.165) is 36.2 Å². The maximum absolute atomic E-state index is 13.0. The predicted octanol–water partition coefficient (Wildman–Crippen LogP) is 3.97. The molecule has 0 saturated heterocycles. The van der Waals surface area contributed by atoms with Crippen LogP contribution in [0.25, 0.3) is 5.69 Å². The second kappa shape index (κ2) is 7.72. The van der Waals surface area contributed by atoms with Gasteiger partial charge in [-0.2, -0.15) is 5.10 Å². The monoisotopic (exact) mass is 408 g/mol. The summed E-state index contributed by atoms with van der Waals surface area (Å²) in [6.45, 7) is 0. The summed E-state index contributed by atoms with van der Waals surface area (Å²) in [6, 6.07) is 14.7. The molecule has 0 radical (unpaired) electrons. The predicted molar refractivity (Wildman–Crippen MR) is 113 cm³/mol. The molecule has 4 rings (SSSR count). The van der Waals surface area contributed by atoms with E-state index in [0.29, 0.717) is 22.0 Å². The van der Waals surface area contributed by atoms with Crippen molar-refractivity contribution in [3.8, 4) is 5.69 Å². The van der Waals surface area contributed by atoms with E-state index < -0.39 is 0 Å². The molecular weight excluding hydrogens is 388 g/mol. The van der Waals surface area contributed by atoms with E-state index in [1.165, 1.54) is 4.90 Å². The first-order valence-electron chi connectivity index (χ1n) is 9.44. The molecule has 0 fully saturated rings. The number of benzene rings is 2. The normalized spacial score (nSPS) is 12.5. The smallest absolute Gasteiger partial charge is 0.276 e. The van der Waals surface area contributed by atoms with Crippen molar-refractivity contribution in [2.24, 2.45) is 0 Å². The number of hydrogen-bond acceptors (Lipinski definition) is 3. The number of carbonyl (C=O) groups is 2. The Balaban J connectivity index is 1.62. The van der Waals surface area contributed by atoms with Crippen LogP contribution in [0.15, 0.2) is 48.5 Å². The van der Waals surface area contributed by atoms with Crippen molar-refractivity contribution < 1.29 is 9.59 Å². The molecule has 0 spiro atoms. The molecule has 2 aromatic carbocycles. The maximum atomic E-state index is 13.0. The molecule has 0 saturated carbocycles. The van der Waals surface area contributed by atoms with Crippen LogP contribution in [0, 0.1) is 0 Å². The number of rotatable bonds is 4. The van der Waals surface area contributed by atoms with E-state index in [1.807, 2.05) is 35.0 Å². The molecule has 6 nitrogen and oxygen atoms in total. The Morgan fingerprint density at radius 1 is 1.10 bits per heavy atom. The largest absolute Gasteiger partial charge is 0.345 e. The van der Waals surface area contributed by atoms with Gasteiger partial charge >= 0.3 is 0 Å². The Kier molecular flexibility index (Phi) is 5.11. The maximum Gasteiger partial charge on any atom is 0.276 e. The van der Waals surface area contributed by atoms with Crippen LogP contribution in [-0.4, -0.2) is 40.6 Å². The zero-order chi connectivity index (χ0) is 20.5. The molecule has 0 aliphatic heterocycles. The van der Waals surface area contributed by atoms with E-state index in [4.69, 9.17) is 11.6 Å². The zero-order valence-electron chi connectivity index (χ0n) is 16.3. The fourth-order valence-corrected chi connectivity index (χ4v) is 3.86. The second-order valence-corrected chi connectivity index (χ2v) is 7.63. The quantitative estimate of drug-likeness (QED) is 0.710. The highest BCUT2D eigenvalue weighted by atomic mass is 35.5. The fourth-order valence-electron chi connectivity index (χ4n) is 3.60. The Morgan fingerprint density at radius 2 is 1.86 bits per heavy atom. The number of anilines is 1. The molecule has 0 atom stereocenters. The summed E-state index contributed by atoms with van der Waals surface area (Å²) in [6.07, 6.45) is 2.74. The van der Waals surface area contributed by atoms with E-state index in [-0.39, 0.29) is 11.8 Å². The summed E-state index contributed by atoms with van der Waals surface area (Å²) in [4.78, 5) is 26.5. The van der Waals surface area contributed by atoms with Crippen LogP contribution >= 0.6 is 11.6 Å². The molecule has 7 heteroatoms. The third kappa shape index (κ3) is 3.63. The van der Waals surface area contributed by atoms with Gasteiger partial charge in [0, 0.05) is 31.0 Å². The topological polar surface area (TPSA) is 67.2 Å². The molecule has 1 aliphatic rings. The lowest BCUT2D eigenvalue weighted by atomic mass is 10.1. The van der Waals surface area contributed by atoms with Crippen molar-refractivity contribution in [2.45, 2.75) is 19.3 Å². The Morgan fingerprint density at radius 3 is 2.55 bits per heavy atom. The summed E-state index contributed by atoms with van der Waals surface area (Å²) in [5.74, 6) is -0.465. The van der Waals surface area contributed by atoms with Crippen LogP contribution < -0.4 is 5.32 Å². The zero-order valence-corrected chi connectivity index (χ0v) is 17.0. The number of fused-ring (bicyclic) bond motifs is 1. The van der Waals surface area contributed by atoms with Crippen molar-refractivity contribution in [1.82, 2.24) is 14.7 Å². The van der Waals surface area contributed by atoms with Crippen LogP contribution in [-0.2, 0) is 12.8 Å². The minimum Gasteiger partial charge on any atom is -0.345 e. The molecule has 0 bridgehead atoms. The number of carbonyl (C=O) groups excluding carboxylic acids is 2. The first kappa shape index (κ1) is 19.2. The molecule has 1 heterocycles. The van der Waals surface area contributed by atoms with Gasteiger partial charge in [-0.05, 0) is 49.6 Å². The number of hydrogen-bond donors (Lipinski definition) is 1. The van der Waals surface area contributed by atoms with Gasteiger partial charge in [-0.15, -0.1) is 0 Å². The van der Waals surface area contributed by atoms with Crippen molar-refractivity contribution in [2.75, 3.05) is 19.4 Å². The second-order valence-electron chi connectivity index (χ2n) is 7.22. The van der Waals surface area contributed by atoms with Gasteiger partial charge in [-0.3, -0.25) is 9.59 Å². The van der Waals surface area contributed by atoms with Crippen molar-refractivity contribution in [3.63, 3.8) is 0 Å². The van der Waals surface area contributed by atoms with Gasteiger partial charge in [0.2, 0.25) is 0 Å². The number of aromatic nitrogens is 2. The third-order valence-electron chi connectivity index (χ3n) is 5.01. The SMILES string of the molecule is CN(C)C(=O)c1ccc(NC(=O)c2nn(-c3ccccc3)c3c2CCC3)cc1Cl. The van der Waals surface area contributed by atoms with E-state index in [1.54, 1.807) is 32.3 Å². The summed E-state index contributed by atoms with van der Waals surface area (Å²) >= 11 is 6.26. The first-order chi connectivity index (χ1) is 14.0. The summed E-state index contributed by atoms with van der Waals surface area (Å²) in [5, 5.41) is 7.76. The lowest BCUT2D eigenvalue weighted by Gasteiger charge is -2.12. The highest BCUT2D eigenvalue weighted by Gasteiger charge is 2.27. The van der Waals surface area contributed by atoms with Crippen molar-refractivity contribution in [1.29, 1.82) is 0 Å². The van der Waals surface area contributed by atoms with Gasteiger partial charge in [-0.25, -0.2) is 4.68 Å². The number of nitrogens with one attached hydrogen (secondary N) is 1. The lowest BCUT2D eigenvalue weighted by Crippen LogP contribution is -2.22. The van der Waals surface area contributed by atoms with Gasteiger partial charge in [0.25, 0.3) is 11.8 Å². The average molecular weight is 409 g/mol. The van der Waals surface area contributed by atoms with Crippen LogP contribution in [0.3, 0.4) is 0 Å². The Hall–Kier alpha value is -3.12. The third-order valence-corrected chi connectivity index (χ3v) is 5.32. The van der Waals surface area contributed by atoms with Crippen LogP contribution in [0.5, 0.6) is 0 Å². The number of nitrogens with zero attached hydrogens (tertiary/aromatic N) is 3. The van der Waals surface area contributed by atoms with Gasteiger partial charge in [0.15, 0.2) is 5.69 Å². The van der Waals surface area contributed by atoms with E-state index in [2.05, 4.69) is 10.4 Å². The molecular formula is C22H21ClN4O2. The molecule has 1 N–H and O–H groups in total. The number of amides is 2. The molecule has 1 aliphatic carbocycles. The van der Waals surface area contributed by atoms with Gasteiger partial charge in [0.05, 0.1) is 16.3 Å². The van der Waals surface area contributed by atoms with Crippen LogP contribution in [0.2, 0.25) is 5.02 Å². The van der Waals surface area contributed by atoms with Crippen molar-refractivity contribution >= 4 is 29.1 Å². The minimum atomic E-state index is -0.277. The summed E-state index contributed by atoms with van der Waals surface area (Å²) < 4.78 is 1.86. The molecule has 1 aromatic heterocycles. The molecule has 2 amide bonds. The fraction of sp³-hybridized carbons (Fsp3) is 0.227. The number of halogens is 1.